The van der Waals surface area contributed by atoms with Gasteiger partial charge in [-0.3, -0.25) is 9.59 Å². The minimum Gasteiger partial charge on any atom is -0.325 e. The molecule has 0 radical (unpaired) electrons. The maximum atomic E-state index is 12.4. The van der Waals surface area contributed by atoms with E-state index in [1.807, 2.05) is 57.2 Å². The monoisotopic (exact) mass is 388 g/mol. The molecule has 0 atom stereocenters. The molecule has 0 aliphatic carbocycles. The highest BCUT2D eigenvalue weighted by molar-refractivity contribution is 9.10. The predicted molar refractivity (Wildman–Crippen MR) is 101 cm³/mol. The number of nitrogens with one attached hydrogen (secondary N) is 1. The molecule has 0 unspecified atom stereocenters. The molecule has 0 saturated carbocycles. The van der Waals surface area contributed by atoms with Crippen LogP contribution in [0.15, 0.2) is 40.9 Å². The van der Waals surface area contributed by atoms with Gasteiger partial charge in [-0.15, -0.1) is 0 Å². The highest BCUT2D eigenvalue weighted by atomic mass is 79.9. The Labute approximate surface area is 151 Å². The summed E-state index contributed by atoms with van der Waals surface area (Å²) in [7, 11) is 0. The van der Waals surface area contributed by atoms with Crippen molar-refractivity contribution < 1.29 is 9.59 Å². The van der Waals surface area contributed by atoms with Gasteiger partial charge in [-0.05, 0) is 61.7 Å². The van der Waals surface area contributed by atoms with Crippen molar-refractivity contribution in [1.29, 1.82) is 0 Å². The van der Waals surface area contributed by atoms with E-state index in [0.29, 0.717) is 5.69 Å². The van der Waals surface area contributed by atoms with E-state index in [9.17, 15) is 9.59 Å². The summed E-state index contributed by atoms with van der Waals surface area (Å²) in [4.78, 5) is 25.9. The smallest absolute Gasteiger partial charge is 0.244 e. The molecule has 2 aromatic rings. The molecule has 0 saturated heterocycles. The van der Waals surface area contributed by atoms with Crippen LogP contribution in [0.25, 0.3) is 0 Å². The Morgan fingerprint density at radius 1 is 1.08 bits per heavy atom. The second-order valence-corrected chi connectivity index (χ2v) is 6.69. The molecular weight excluding hydrogens is 368 g/mol. The highest BCUT2D eigenvalue weighted by Gasteiger charge is 2.18. The van der Waals surface area contributed by atoms with Gasteiger partial charge in [-0.2, -0.15) is 0 Å². The number of nitrogens with zero attached hydrogens (tertiary/aromatic N) is 1. The number of rotatable bonds is 4. The number of carbonyl (C=O) groups excluding carboxylic acids is 2. The van der Waals surface area contributed by atoms with Gasteiger partial charge in [0.05, 0.1) is 0 Å². The Kier molecular flexibility index (Phi) is 5.78. The van der Waals surface area contributed by atoms with Crippen molar-refractivity contribution >= 4 is 39.1 Å². The van der Waals surface area contributed by atoms with E-state index in [4.69, 9.17) is 0 Å². The second-order valence-electron chi connectivity index (χ2n) is 5.84. The van der Waals surface area contributed by atoms with Crippen molar-refractivity contribution in [2.45, 2.75) is 27.7 Å². The number of hydrogen-bond acceptors (Lipinski definition) is 2. The first-order chi connectivity index (χ1) is 11.3. The Morgan fingerprint density at radius 3 is 2.42 bits per heavy atom. The lowest BCUT2D eigenvalue weighted by molar-refractivity contribution is -0.120. The zero-order chi connectivity index (χ0) is 17.9. The van der Waals surface area contributed by atoms with E-state index in [0.717, 1.165) is 26.9 Å². The lowest BCUT2D eigenvalue weighted by atomic mass is 10.1. The zero-order valence-electron chi connectivity index (χ0n) is 14.3. The summed E-state index contributed by atoms with van der Waals surface area (Å²) in [5, 5.41) is 2.85. The van der Waals surface area contributed by atoms with Crippen LogP contribution in [0.3, 0.4) is 0 Å². The van der Waals surface area contributed by atoms with Gasteiger partial charge in [0.1, 0.15) is 6.54 Å². The van der Waals surface area contributed by atoms with Crippen LogP contribution in [-0.2, 0) is 9.59 Å². The summed E-state index contributed by atoms with van der Waals surface area (Å²) in [6, 6.07) is 11.3. The fraction of sp³-hybridized carbons (Fsp3) is 0.263. The molecule has 0 heterocycles. The Hall–Kier alpha value is -2.14. The third kappa shape index (κ3) is 4.23. The average molecular weight is 389 g/mol. The first kappa shape index (κ1) is 18.2. The molecule has 0 aliphatic rings. The normalized spacial score (nSPS) is 10.4. The van der Waals surface area contributed by atoms with Crippen LogP contribution in [0.5, 0.6) is 0 Å². The van der Waals surface area contributed by atoms with E-state index in [1.54, 1.807) is 0 Å². The molecule has 2 aromatic carbocycles. The highest BCUT2D eigenvalue weighted by Crippen LogP contribution is 2.23. The maximum absolute atomic E-state index is 12.4. The molecule has 24 heavy (non-hydrogen) atoms. The number of anilines is 2. The van der Waals surface area contributed by atoms with Crippen LogP contribution >= 0.6 is 15.9 Å². The number of aryl methyl sites for hydroxylation is 2. The van der Waals surface area contributed by atoms with Crippen molar-refractivity contribution in [2.75, 3.05) is 16.8 Å². The van der Waals surface area contributed by atoms with E-state index in [1.165, 1.54) is 11.8 Å². The third-order valence-corrected chi connectivity index (χ3v) is 4.88. The third-order valence-electron chi connectivity index (χ3n) is 3.99. The zero-order valence-corrected chi connectivity index (χ0v) is 15.9. The molecule has 4 nitrogen and oxygen atoms in total. The van der Waals surface area contributed by atoms with Crippen LogP contribution in [-0.4, -0.2) is 18.4 Å². The lowest BCUT2D eigenvalue weighted by Crippen LogP contribution is -2.37. The van der Waals surface area contributed by atoms with Gasteiger partial charge in [0.2, 0.25) is 11.8 Å². The van der Waals surface area contributed by atoms with E-state index < -0.39 is 0 Å². The first-order valence-corrected chi connectivity index (χ1v) is 8.49. The van der Waals surface area contributed by atoms with Crippen molar-refractivity contribution in [3.05, 3.63) is 57.6 Å². The minimum absolute atomic E-state index is 0.0191. The number of hydrogen-bond donors (Lipinski definition) is 1. The van der Waals surface area contributed by atoms with Crippen molar-refractivity contribution in [3.8, 4) is 0 Å². The van der Waals surface area contributed by atoms with Crippen LogP contribution in [0.1, 0.15) is 23.6 Å². The minimum atomic E-state index is -0.229. The van der Waals surface area contributed by atoms with Crippen LogP contribution in [0.2, 0.25) is 0 Å². The molecule has 0 bridgehead atoms. The van der Waals surface area contributed by atoms with E-state index in [2.05, 4.69) is 21.2 Å². The van der Waals surface area contributed by atoms with Crippen molar-refractivity contribution in [2.24, 2.45) is 0 Å². The molecule has 2 amide bonds. The lowest BCUT2D eigenvalue weighted by Gasteiger charge is -2.23. The first-order valence-electron chi connectivity index (χ1n) is 7.70. The van der Waals surface area contributed by atoms with Gasteiger partial charge in [0.15, 0.2) is 0 Å². The van der Waals surface area contributed by atoms with Crippen LogP contribution in [0.4, 0.5) is 11.4 Å². The quantitative estimate of drug-likeness (QED) is 0.845. The second kappa shape index (κ2) is 7.62. The molecule has 0 aromatic heterocycles. The number of benzene rings is 2. The molecule has 1 N–H and O–H groups in total. The van der Waals surface area contributed by atoms with Crippen LogP contribution < -0.4 is 10.2 Å². The molecule has 0 fully saturated rings. The Bertz CT molecular complexity index is 787. The van der Waals surface area contributed by atoms with E-state index >= 15 is 0 Å². The Balaban J connectivity index is 2.18. The summed E-state index contributed by atoms with van der Waals surface area (Å²) in [5.74, 6) is -0.390. The van der Waals surface area contributed by atoms with Gasteiger partial charge >= 0.3 is 0 Å². The largest absolute Gasteiger partial charge is 0.325 e. The summed E-state index contributed by atoms with van der Waals surface area (Å²) < 4.78 is 0.987. The molecule has 126 valence electrons. The number of halogens is 1. The average Bonchev–Trinajstić information content (AvgIpc) is 2.51. The summed E-state index contributed by atoms with van der Waals surface area (Å²) in [6.45, 7) is 7.35. The summed E-state index contributed by atoms with van der Waals surface area (Å²) in [5.41, 5.74) is 4.60. The van der Waals surface area contributed by atoms with E-state index in [-0.39, 0.29) is 18.4 Å². The van der Waals surface area contributed by atoms with Gasteiger partial charge < -0.3 is 10.2 Å². The van der Waals surface area contributed by atoms with Gasteiger partial charge in [0, 0.05) is 22.8 Å². The molecule has 0 spiro atoms. The maximum Gasteiger partial charge on any atom is 0.244 e. The predicted octanol–water partition coefficient (Wildman–Crippen LogP) is 4.37. The standard InChI is InChI=1S/C19H21BrN2O2/c1-12-6-5-7-18(14(12)3)22(15(4)23)11-19(24)21-16-8-9-17(20)13(2)10-16/h5-10H,11H2,1-4H3,(H,21,24). The van der Waals surface area contributed by atoms with Crippen molar-refractivity contribution in [3.63, 3.8) is 0 Å². The van der Waals surface area contributed by atoms with Gasteiger partial charge in [0.25, 0.3) is 0 Å². The Morgan fingerprint density at radius 2 is 1.79 bits per heavy atom. The fourth-order valence-corrected chi connectivity index (χ4v) is 2.71. The van der Waals surface area contributed by atoms with Crippen LogP contribution in [0, 0.1) is 20.8 Å². The topological polar surface area (TPSA) is 49.4 Å². The summed E-state index contributed by atoms with van der Waals surface area (Å²) in [6.07, 6.45) is 0. The SMILES string of the molecule is CC(=O)N(CC(=O)Nc1ccc(Br)c(C)c1)c1cccc(C)c1C. The molecule has 0 aliphatic heterocycles. The summed E-state index contributed by atoms with van der Waals surface area (Å²) >= 11 is 3.43. The van der Waals surface area contributed by atoms with Crippen molar-refractivity contribution in [1.82, 2.24) is 0 Å². The number of amides is 2. The molecule has 2 rings (SSSR count). The molecule has 5 heteroatoms. The van der Waals surface area contributed by atoms with Gasteiger partial charge in [-0.1, -0.05) is 28.1 Å². The number of carbonyl (C=O) groups is 2. The fourth-order valence-electron chi connectivity index (χ4n) is 2.46. The molecular formula is C19H21BrN2O2. The van der Waals surface area contributed by atoms with Gasteiger partial charge in [-0.25, -0.2) is 0 Å².